The SMILES string of the molecule is COC(=O)CN=C/C(Br)=C\N. The summed E-state index contributed by atoms with van der Waals surface area (Å²) in [5, 5.41) is 0. The van der Waals surface area contributed by atoms with E-state index in [1.165, 1.54) is 19.5 Å². The summed E-state index contributed by atoms with van der Waals surface area (Å²) in [6, 6.07) is 0. The Bertz CT molecular complexity index is 189. The van der Waals surface area contributed by atoms with Gasteiger partial charge in [-0.25, -0.2) is 0 Å². The standard InChI is InChI=1S/C6H9BrN2O2/c1-11-6(10)4-9-3-5(7)2-8/h2-3H,4,8H2,1H3/b5-2+,9-3?. The highest BCUT2D eigenvalue weighted by Gasteiger charge is 1.94. The van der Waals surface area contributed by atoms with Crippen LogP contribution in [0.15, 0.2) is 15.7 Å². The lowest BCUT2D eigenvalue weighted by Gasteiger charge is -1.91. The third-order valence-corrected chi connectivity index (χ3v) is 1.29. The van der Waals surface area contributed by atoms with Gasteiger partial charge in [-0.2, -0.15) is 0 Å². The molecule has 0 radical (unpaired) electrons. The molecule has 0 heterocycles. The second-order valence-electron chi connectivity index (χ2n) is 1.60. The van der Waals surface area contributed by atoms with E-state index in [2.05, 4.69) is 25.7 Å². The van der Waals surface area contributed by atoms with Gasteiger partial charge in [0.1, 0.15) is 6.54 Å². The van der Waals surface area contributed by atoms with E-state index in [4.69, 9.17) is 5.73 Å². The maximum absolute atomic E-state index is 10.5. The zero-order valence-corrected chi connectivity index (χ0v) is 7.67. The van der Waals surface area contributed by atoms with Gasteiger partial charge in [0.2, 0.25) is 0 Å². The van der Waals surface area contributed by atoms with Crippen LogP contribution in [0.4, 0.5) is 0 Å². The Balaban J connectivity index is 3.69. The van der Waals surface area contributed by atoms with Crippen LogP contribution in [-0.4, -0.2) is 25.8 Å². The summed E-state index contributed by atoms with van der Waals surface area (Å²) in [5.41, 5.74) is 5.11. The van der Waals surface area contributed by atoms with Crippen LogP contribution in [0.3, 0.4) is 0 Å². The molecule has 0 atom stereocenters. The molecule has 62 valence electrons. The number of ether oxygens (including phenoxy) is 1. The number of aliphatic imine (C=N–C) groups is 1. The molecule has 11 heavy (non-hydrogen) atoms. The minimum absolute atomic E-state index is 0.0133. The van der Waals surface area contributed by atoms with Crippen molar-refractivity contribution in [2.45, 2.75) is 0 Å². The van der Waals surface area contributed by atoms with E-state index >= 15 is 0 Å². The van der Waals surface area contributed by atoms with Gasteiger partial charge < -0.3 is 10.5 Å². The lowest BCUT2D eigenvalue weighted by Crippen LogP contribution is -2.04. The predicted molar refractivity (Wildman–Crippen MR) is 46.6 cm³/mol. The van der Waals surface area contributed by atoms with E-state index in [0.29, 0.717) is 4.48 Å². The van der Waals surface area contributed by atoms with E-state index in [1.54, 1.807) is 0 Å². The van der Waals surface area contributed by atoms with Crippen molar-refractivity contribution >= 4 is 28.1 Å². The van der Waals surface area contributed by atoms with Crippen LogP contribution in [-0.2, 0) is 9.53 Å². The number of methoxy groups -OCH3 is 1. The van der Waals surface area contributed by atoms with Crippen molar-refractivity contribution in [1.29, 1.82) is 0 Å². The molecule has 0 saturated carbocycles. The molecular weight excluding hydrogens is 212 g/mol. The van der Waals surface area contributed by atoms with Crippen molar-refractivity contribution in [3.05, 3.63) is 10.7 Å². The van der Waals surface area contributed by atoms with Crippen molar-refractivity contribution in [1.82, 2.24) is 0 Å². The smallest absolute Gasteiger partial charge is 0.327 e. The van der Waals surface area contributed by atoms with E-state index in [0.717, 1.165) is 0 Å². The van der Waals surface area contributed by atoms with Crippen LogP contribution in [0.25, 0.3) is 0 Å². The molecule has 2 N–H and O–H groups in total. The average molecular weight is 221 g/mol. The lowest BCUT2D eigenvalue weighted by molar-refractivity contribution is -0.138. The average Bonchev–Trinajstić information content (AvgIpc) is 2.04. The zero-order chi connectivity index (χ0) is 8.69. The Morgan fingerprint density at radius 3 is 2.91 bits per heavy atom. The monoisotopic (exact) mass is 220 g/mol. The summed E-state index contributed by atoms with van der Waals surface area (Å²) in [6.07, 6.45) is 2.78. The molecule has 4 nitrogen and oxygen atoms in total. The van der Waals surface area contributed by atoms with Crippen molar-refractivity contribution in [3.8, 4) is 0 Å². The molecule has 0 saturated heterocycles. The fourth-order valence-corrected chi connectivity index (χ4v) is 0.460. The third-order valence-electron chi connectivity index (χ3n) is 0.822. The molecule has 0 aromatic rings. The summed E-state index contributed by atoms with van der Waals surface area (Å²) >= 11 is 3.08. The van der Waals surface area contributed by atoms with Gasteiger partial charge in [-0.15, -0.1) is 0 Å². The molecule has 0 aromatic carbocycles. The summed E-state index contributed by atoms with van der Waals surface area (Å²) in [7, 11) is 1.31. The Morgan fingerprint density at radius 2 is 2.45 bits per heavy atom. The summed E-state index contributed by atoms with van der Waals surface area (Å²) in [5.74, 6) is -0.376. The Kier molecular flexibility index (Phi) is 5.46. The molecule has 0 fully saturated rings. The molecule has 0 aliphatic heterocycles. The van der Waals surface area contributed by atoms with Crippen molar-refractivity contribution in [2.24, 2.45) is 10.7 Å². The number of hydrogen-bond donors (Lipinski definition) is 1. The first kappa shape index (κ1) is 10.2. The molecule has 0 bridgehead atoms. The number of carbonyl (C=O) groups is 1. The molecule has 0 rings (SSSR count). The van der Waals surface area contributed by atoms with Crippen LogP contribution in [0, 0.1) is 0 Å². The molecule has 0 aliphatic carbocycles. The Morgan fingerprint density at radius 1 is 1.82 bits per heavy atom. The second kappa shape index (κ2) is 5.91. The second-order valence-corrected chi connectivity index (χ2v) is 2.51. The van der Waals surface area contributed by atoms with Gasteiger partial charge in [0, 0.05) is 12.4 Å². The highest BCUT2D eigenvalue weighted by Crippen LogP contribution is 1.96. The van der Waals surface area contributed by atoms with Crippen LogP contribution in [0.5, 0.6) is 0 Å². The Hall–Kier alpha value is -0.840. The zero-order valence-electron chi connectivity index (χ0n) is 6.08. The van der Waals surface area contributed by atoms with Gasteiger partial charge in [-0.3, -0.25) is 9.79 Å². The minimum atomic E-state index is -0.376. The van der Waals surface area contributed by atoms with Gasteiger partial charge in [0.15, 0.2) is 0 Å². The first-order valence-electron chi connectivity index (χ1n) is 2.84. The van der Waals surface area contributed by atoms with Gasteiger partial charge in [-0.1, -0.05) is 0 Å². The fourth-order valence-electron chi connectivity index (χ4n) is 0.315. The molecule has 0 spiro atoms. The lowest BCUT2D eigenvalue weighted by atomic mass is 10.6. The van der Waals surface area contributed by atoms with Crippen LogP contribution in [0.1, 0.15) is 0 Å². The van der Waals surface area contributed by atoms with Crippen LogP contribution in [0.2, 0.25) is 0 Å². The van der Waals surface area contributed by atoms with E-state index in [1.807, 2.05) is 0 Å². The first-order valence-corrected chi connectivity index (χ1v) is 3.64. The summed E-state index contributed by atoms with van der Waals surface area (Å²) < 4.78 is 4.97. The number of hydrogen-bond acceptors (Lipinski definition) is 4. The normalized spacial score (nSPS) is 12.0. The number of nitrogens with two attached hydrogens (primary N) is 1. The van der Waals surface area contributed by atoms with Crippen molar-refractivity contribution in [3.63, 3.8) is 0 Å². The largest absolute Gasteiger partial charge is 0.468 e. The fraction of sp³-hybridized carbons (Fsp3) is 0.333. The van der Waals surface area contributed by atoms with Crippen molar-refractivity contribution in [2.75, 3.05) is 13.7 Å². The van der Waals surface area contributed by atoms with Gasteiger partial charge >= 0.3 is 5.97 Å². The quantitative estimate of drug-likeness (QED) is 0.555. The number of esters is 1. The molecule has 5 heteroatoms. The highest BCUT2D eigenvalue weighted by atomic mass is 79.9. The van der Waals surface area contributed by atoms with Crippen LogP contribution < -0.4 is 5.73 Å². The number of allylic oxidation sites excluding steroid dienone is 1. The third kappa shape index (κ3) is 5.60. The molecule has 0 aliphatic rings. The van der Waals surface area contributed by atoms with Gasteiger partial charge in [0.05, 0.1) is 11.6 Å². The summed E-state index contributed by atoms with van der Waals surface area (Å²) in [6.45, 7) is 0.0133. The topological polar surface area (TPSA) is 64.7 Å². The molecule has 0 unspecified atom stereocenters. The number of nitrogens with zero attached hydrogens (tertiary/aromatic N) is 1. The first-order chi connectivity index (χ1) is 5.20. The molecule has 0 aromatic heterocycles. The number of carbonyl (C=O) groups excluding carboxylic acids is 1. The molecular formula is C6H9BrN2O2. The number of rotatable bonds is 3. The highest BCUT2D eigenvalue weighted by molar-refractivity contribution is 9.12. The minimum Gasteiger partial charge on any atom is -0.468 e. The van der Waals surface area contributed by atoms with Gasteiger partial charge in [0.25, 0.3) is 0 Å². The van der Waals surface area contributed by atoms with Crippen LogP contribution >= 0.6 is 15.9 Å². The van der Waals surface area contributed by atoms with Crippen molar-refractivity contribution < 1.29 is 9.53 Å². The van der Waals surface area contributed by atoms with E-state index in [9.17, 15) is 4.79 Å². The van der Waals surface area contributed by atoms with Gasteiger partial charge in [-0.05, 0) is 15.9 Å². The van der Waals surface area contributed by atoms with E-state index in [-0.39, 0.29) is 12.5 Å². The predicted octanol–water partition coefficient (Wildman–Crippen LogP) is 0.425. The maximum atomic E-state index is 10.5. The molecule has 0 amide bonds. The van der Waals surface area contributed by atoms with E-state index < -0.39 is 0 Å². The summed E-state index contributed by atoms with van der Waals surface area (Å²) in [4.78, 5) is 14.2. The Labute approximate surface area is 73.3 Å². The number of halogens is 1. The maximum Gasteiger partial charge on any atom is 0.327 e.